The van der Waals surface area contributed by atoms with Crippen LogP contribution in [0.4, 0.5) is 5.95 Å². The fourth-order valence-electron chi connectivity index (χ4n) is 3.86. The molecular formula is C22H25N5O. The van der Waals surface area contributed by atoms with Gasteiger partial charge >= 0.3 is 0 Å². The summed E-state index contributed by atoms with van der Waals surface area (Å²) in [7, 11) is 1.67. The van der Waals surface area contributed by atoms with Gasteiger partial charge in [0.2, 0.25) is 5.95 Å². The maximum atomic E-state index is 5.95. The molecule has 0 saturated carbocycles. The predicted molar refractivity (Wildman–Crippen MR) is 110 cm³/mol. The predicted octanol–water partition coefficient (Wildman–Crippen LogP) is 3.51. The summed E-state index contributed by atoms with van der Waals surface area (Å²) in [5.41, 5.74) is 10.2. The standard InChI is InChI=1S/C22H25N5O/c1-28-19-9-7-16(8-10-19)20-13-25-22(23)26-21(20)17-5-4-12-27(14-17)15-18-6-2-3-11-24-18/h2-3,6-11,13,17H,4-5,12,14-15H2,1H3,(H2,23,25,26)/t17-/m0/s1. The van der Waals surface area contributed by atoms with Crippen LogP contribution in [-0.4, -0.2) is 40.1 Å². The summed E-state index contributed by atoms with van der Waals surface area (Å²) in [4.78, 5) is 15.8. The highest BCUT2D eigenvalue weighted by Crippen LogP contribution is 2.34. The van der Waals surface area contributed by atoms with Crippen molar-refractivity contribution in [2.24, 2.45) is 0 Å². The zero-order chi connectivity index (χ0) is 19.3. The number of likely N-dealkylation sites (tertiary alicyclic amines) is 1. The van der Waals surface area contributed by atoms with E-state index < -0.39 is 0 Å². The van der Waals surface area contributed by atoms with Crippen molar-refractivity contribution in [3.05, 3.63) is 66.2 Å². The van der Waals surface area contributed by atoms with Crippen molar-refractivity contribution < 1.29 is 4.74 Å². The van der Waals surface area contributed by atoms with Crippen LogP contribution in [0.2, 0.25) is 0 Å². The molecular weight excluding hydrogens is 350 g/mol. The van der Waals surface area contributed by atoms with E-state index in [1.165, 1.54) is 0 Å². The number of nitrogens with zero attached hydrogens (tertiary/aromatic N) is 4. The lowest BCUT2D eigenvalue weighted by Gasteiger charge is -2.33. The van der Waals surface area contributed by atoms with E-state index in [9.17, 15) is 0 Å². The van der Waals surface area contributed by atoms with Crippen molar-refractivity contribution in [1.29, 1.82) is 0 Å². The van der Waals surface area contributed by atoms with Crippen LogP contribution < -0.4 is 10.5 Å². The summed E-state index contributed by atoms with van der Waals surface area (Å²) in [6.45, 7) is 2.87. The van der Waals surface area contributed by atoms with Gasteiger partial charge in [0.1, 0.15) is 5.75 Å². The molecule has 3 aromatic rings. The Balaban J connectivity index is 1.59. The van der Waals surface area contributed by atoms with Gasteiger partial charge in [-0.25, -0.2) is 9.97 Å². The molecule has 1 aliphatic rings. The molecule has 0 unspecified atom stereocenters. The van der Waals surface area contributed by atoms with E-state index in [-0.39, 0.29) is 0 Å². The maximum absolute atomic E-state index is 5.95. The third-order valence-electron chi connectivity index (χ3n) is 5.24. The summed E-state index contributed by atoms with van der Waals surface area (Å²) >= 11 is 0. The molecule has 1 atom stereocenters. The first-order valence-corrected chi connectivity index (χ1v) is 9.62. The topological polar surface area (TPSA) is 77.2 Å². The molecule has 2 aromatic heterocycles. The SMILES string of the molecule is COc1ccc(-c2cnc(N)nc2[C@H]2CCCN(Cc3ccccn3)C2)cc1. The Kier molecular flexibility index (Phi) is 5.48. The monoisotopic (exact) mass is 375 g/mol. The molecule has 0 radical (unpaired) electrons. The summed E-state index contributed by atoms with van der Waals surface area (Å²) in [5, 5.41) is 0. The van der Waals surface area contributed by atoms with Crippen LogP contribution in [0.1, 0.15) is 30.1 Å². The Labute approximate surface area is 165 Å². The molecule has 1 saturated heterocycles. The Bertz CT molecular complexity index is 914. The minimum absolute atomic E-state index is 0.319. The molecule has 2 N–H and O–H groups in total. The molecule has 1 aromatic carbocycles. The zero-order valence-electron chi connectivity index (χ0n) is 16.1. The smallest absolute Gasteiger partial charge is 0.220 e. The van der Waals surface area contributed by atoms with Crippen molar-refractivity contribution >= 4 is 5.95 Å². The highest BCUT2D eigenvalue weighted by molar-refractivity contribution is 5.67. The number of aromatic nitrogens is 3. The number of pyridine rings is 1. The van der Waals surface area contributed by atoms with E-state index in [1.807, 2.05) is 48.8 Å². The first-order chi connectivity index (χ1) is 13.7. The van der Waals surface area contributed by atoms with Crippen LogP contribution in [0.3, 0.4) is 0 Å². The van der Waals surface area contributed by atoms with Crippen LogP contribution in [0, 0.1) is 0 Å². The molecule has 6 heteroatoms. The van der Waals surface area contributed by atoms with Crippen molar-refractivity contribution in [2.45, 2.75) is 25.3 Å². The molecule has 0 bridgehead atoms. The van der Waals surface area contributed by atoms with Gasteiger partial charge in [-0.05, 0) is 49.2 Å². The van der Waals surface area contributed by atoms with E-state index in [1.54, 1.807) is 7.11 Å². The number of rotatable bonds is 5. The van der Waals surface area contributed by atoms with E-state index in [2.05, 4.69) is 25.9 Å². The molecule has 6 nitrogen and oxygen atoms in total. The molecule has 1 fully saturated rings. The molecule has 0 amide bonds. The minimum atomic E-state index is 0.319. The third-order valence-corrected chi connectivity index (χ3v) is 5.24. The Morgan fingerprint density at radius 3 is 2.75 bits per heavy atom. The average Bonchev–Trinajstić information content (AvgIpc) is 2.75. The lowest BCUT2D eigenvalue weighted by Crippen LogP contribution is -2.34. The van der Waals surface area contributed by atoms with Crippen LogP contribution in [-0.2, 0) is 6.54 Å². The lowest BCUT2D eigenvalue weighted by atomic mass is 9.90. The normalized spacial score (nSPS) is 17.4. The number of ether oxygens (including phenoxy) is 1. The van der Waals surface area contributed by atoms with E-state index in [0.29, 0.717) is 11.9 Å². The van der Waals surface area contributed by atoms with Crippen LogP contribution in [0.5, 0.6) is 5.75 Å². The second kappa shape index (κ2) is 8.35. The molecule has 28 heavy (non-hydrogen) atoms. The maximum Gasteiger partial charge on any atom is 0.220 e. The van der Waals surface area contributed by atoms with Gasteiger partial charge in [-0.3, -0.25) is 9.88 Å². The van der Waals surface area contributed by atoms with Gasteiger partial charge in [0, 0.05) is 37.0 Å². The number of anilines is 1. The lowest BCUT2D eigenvalue weighted by molar-refractivity contribution is 0.196. The van der Waals surface area contributed by atoms with Gasteiger partial charge in [-0.2, -0.15) is 0 Å². The fraction of sp³-hybridized carbons (Fsp3) is 0.318. The zero-order valence-corrected chi connectivity index (χ0v) is 16.1. The van der Waals surface area contributed by atoms with Gasteiger partial charge in [-0.1, -0.05) is 18.2 Å². The Morgan fingerprint density at radius 1 is 1.14 bits per heavy atom. The summed E-state index contributed by atoms with van der Waals surface area (Å²) < 4.78 is 5.28. The molecule has 0 spiro atoms. The third kappa shape index (κ3) is 4.12. The van der Waals surface area contributed by atoms with Gasteiger partial charge < -0.3 is 10.5 Å². The van der Waals surface area contributed by atoms with Crippen LogP contribution in [0.15, 0.2) is 54.9 Å². The molecule has 4 rings (SSSR count). The number of nitrogens with two attached hydrogens (primary N) is 1. The Hall–Kier alpha value is -2.99. The molecule has 0 aliphatic carbocycles. The summed E-state index contributed by atoms with van der Waals surface area (Å²) in [6.07, 6.45) is 5.92. The van der Waals surface area contributed by atoms with E-state index >= 15 is 0 Å². The van der Waals surface area contributed by atoms with Crippen molar-refractivity contribution in [3.63, 3.8) is 0 Å². The number of benzene rings is 1. The number of nitrogen functional groups attached to an aromatic ring is 1. The first kappa shape index (κ1) is 18.4. The number of piperidine rings is 1. The van der Waals surface area contributed by atoms with E-state index in [4.69, 9.17) is 10.5 Å². The van der Waals surface area contributed by atoms with Crippen molar-refractivity contribution in [2.75, 3.05) is 25.9 Å². The number of methoxy groups -OCH3 is 1. The Morgan fingerprint density at radius 2 is 2.00 bits per heavy atom. The van der Waals surface area contributed by atoms with Crippen LogP contribution >= 0.6 is 0 Å². The number of hydrogen-bond acceptors (Lipinski definition) is 6. The second-order valence-corrected chi connectivity index (χ2v) is 7.15. The van der Waals surface area contributed by atoms with Gasteiger partial charge in [0.15, 0.2) is 0 Å². The van der Waals surface area contributed by atoms with E-state index in [0.717, 1.165) is 60.7 Å². The highest BCUT2D eigenvalue weighted by atomic mass is 16.5. The fourth-order valence-corrected chi connectivity index (χ4v) is 3.86. The summed E-state index contributed by atoms with van der Waals surface area (Å²) in [5.74, 6) is 1.48. The van der Waals surface area contributed by atoms with Gasteiger partial charge in [-0.15, -0.1) is 0 Å². The number of hydrogen-bond donors (Lipinski definition) is 1. The van der Waals surface area contributed by atoms with Crippen molar-refractivity contribution in [3.8, 4) is 16.9 Å². The highest BCUT2D eigenvalue weighted by Gasteiger charge is 2.25. The first-order valence-electron chi connectivity index (χ1n) is 9.62. The van der Waals surface area contributed by atoms with Gasteiger partial charge in [0.25, 0.3) is 0 Å². The average molecular weight is 375 g/mol. The molecule has 1 aliphatic heterocycles. The largest absolute Gasteiger partial charge is 0.497 e. The molecule has 144 valence electrons. The minimum Gasteiger partial charge on any atom is -0.497 e. The molecule has 3 heterocycles. The second-order valence-electron chi connectivity index (χ2n) is 7.15. The van der Waals surface area contributed by atoms with Gasteiger partial charge in [0.05, 0.1) is 18.5 Å². The quantitative estimate of drug-likeness (QED) is 0.735. The van der Waals surface area contributed by atoms with Crippen molar-refractivity contribution in [1.82, 2.24) is 19.9 Å². The summed E-state index contributed by atoms with van der Waals surface area (Å²) in [6, 6.07) is 14.1. The van der Waals surface area contributed by atoms with Crippen LogP contribution in [0.25, 0.3) is 11.1 Å².